The van der Waals surface area contributed by atoms with Gasteiger partial charge in [0.05, 0.1) is 0 Å². The van der Waals surface area contributed by atoms with Gasteiger partial charge in [0.1, 0.15) is 0 Å². The van der Waals surface area contributed by atoms with Gasteiger partial charge in [-0.25, -0.2) is 9.97 Å². The van der Waals surface area contributed by atoms with Gasteiger partial charge in [-0.1, -0.05) is 13.3 Å². The van der Waals surface area contributed by atoms with Gasteiger partial charge in [-0.2, -0.15) is 0 Å². The second kappa shape index (κ2) is 5.48. The van der Waals surface area contributed by atoms with E-state index in [1.807, 2.05) is 6.07 Å². The van der Waals surface area contributed by atoms with Crippen molar-refractivity contribution in [2.45, 2.75) is 19.8 Å². The van der Waals surface area contributed by atoms with Gasteiger partial charge in [0.25, 0.3) is 0 Å². The van der Waals surface area contributed by atoms with Crippen LogP contribution in [0.4, 0.5) is 5.95 Å². The number of hydrogen-bond donors (Lipinski definition) is 2. The summed E-state index contributed by atoms with van der Waals surface area (Å²) in [7, 11) is 0. The highest BCUT2D eigenvalue weighted by molar-refractivity contribution is 5.24. The molecule has 0 spiro atoms. The van der Waals surface area contributed by atoms with Crippen LogP contribution in [0.2, 0.25) is 0 Å². The Balaban J connectivity index is 2.56. The molecule has 1 aromatic rings. The van der Waals surface area contributed by atoms with Gasteiger partial charge < -0.3 is 11.1 Å². The van der Waals surface area contributed by atoms with Crippen LogP contribution >= 0.6 is 0 Å². The summed E-state index contributed by atoms with van der Waals surface area (Å²) in [4.78, 5) is 8.40. The van der Waals surface area contributed by atoms with Crippen LogP contribution < -0.4 is 11.1 Å². The molecule has 3 N–H and O–H groups in total. The van der Waals surface area contributed by atoms with Gasteiger partial charge >= 0.3 is 0 Å². The summed E-state index contributed by atoms with van der Waals surface area (Å²) in [6.45, 7) is 3.45. The summed E-state index contributed by atoms with van der Waals surface area (Å²) in [5, 5.41) is 3.05. The molecular formula is C9H16N4. The molecule has 0 aromatic carbocycles. The molecule has 0 radical (unpaired) electrons. The lowest BCUT2D eigenvalue weighted by molar-refractivity contribution is 0.868. The molecule has 4 heteroatoms. The molecule has 0 aliphatic heterocycles. The molecule has 0 amide bonds. The molecule has 0 fully saturated rings. The number of aryl methyl sites for hydroxylation is 1. The summed E-state index contributed by atoms with van der Waals surface area (Å²) >= 11 is 0. The number of nitrogens with one attached hydrogen (secondary N) is 1. The smallest absolute Gasteiger partial charge is 0.222 e. The highest BCUT2D eigenvalue weighted by atomic mass is 15.1. The minimum Gasteiger partial charge on any atom is -0.353 e. The highest BCUT2D eigenvalue weighted by Gasteiger charge is 1.96. The van der Waals surface area contributed by atoms with E-state index in [0.717, 1.165) is 25.1 Å². The van der Waals surface area contributed by atoms with E-state index >= 15 is 0 Å². The van der Waals surface area contributed by atoms with E-state index < -0.39 is 0 Å². The molecule has 72 valence electrons. The van der Waals surface area contributed by atoms with Crippen LogP contribution in [0, 0.1) is 0 Å². The SMILES string of the molecule is CCCc1ccnc(NCCN)n1. The molecule has 0 saturated carbocycles. The third-order valence-electron chi connectivity index (χ3n) is 1.65. The van der Waals surface area contributed by atoms with E-state index in [4.69, 9.17) is 5.73 Å². The molecule has 0 unspecified atom stereocenters. The maximum Gasteiger partial charge on any atom is 0.222 e. The van der Waals surface area contributed by atoms with Crippen molar-refractivity contribution in [2.75, 3.05) is 18.4 Å². The van der Waals surface area contributed by atoms with Gasteiger partial charge in [0.2, 0.25) is 5.95 Å². The Kier molecular flexibility index (Phi) is 4.18. The lowest BCUT2D eigenvalue weighted by atomic mass is 10.2. The monoisotopic (exact) mass is 180 g/mol. The molecular weight excluding hydrogens is 164 g/mol. The summed E-state index contributed by atoms with van der Waals surface area (Å²) in [6.07, 6.45) is 3.88. The Bertz CT molecular complexity index is 249. The zero-order valence-corrected chi connectivity index (χ0v) is 7.95. The predicted octanol–water partition coefficient (Wildman–Crippen LogP) is 0.800. The molecule has 0 saturated heterocycles. The Hall–Kier alpha value is -1.16. The number of rotatable bonds is 5. The Labute approximate surface area is 78.6 Å². The summed E-state index contributed by atoms with van der Waals surface area (Å²) < 4.78 is 0. The van der Waals surface area contributed by atoms with E-state index in [1.165, 1.54) is 0 Å². The maximum atomic E-state index is 5.36. The van der Waals surface area contributed by atoms with Crippen LogP contribution in [0.3, 0.4) is 0 Å². The maximum absolute atomic E-state index is 5.36. The molecule has 1 rings (SSSR count). The Morgan fingerprint density at radius 2 is 2.38 bits per heavy atom. The molecule has 13 heavy (non-hydrogen) atoms. The van der Waals surface area contributed by atoms with Crippen molar-refractivity contribution in [2.24, 2.45) is 5.73 Å². The standard InChI is InChI=1S/C9H16N4/c1-2-3-8-4-6-11-9(13-8)12-7-5-10/h4,6H,2-3,5,7,10H2,1H3,(H,11,12,13). The van der Waals surface area contributed by atoms with Crippen LogP contribution in [-0.2, 0) is 6.42 Å². The van der Waals surface area contributed by atoms with E-state index in [-0.39, 0.29) is 0 Å². The predicted molar refractivity (Wildman–Crippen MR) is 53.6 cm³/mol. The van der Waals surface area contributed by atoms with Crippen LogP contribution in [0.1, 0.15) is 19.0 Å². The Morgan fingerprint density at radius 1 is 1.54 bits per heavy atom. The topological polar surface area (TPSA) is 63.8 Å². The molecule has 0 aliphatic rings. The number of aromatic nitrogens is 2. The zero-order valence-electron chi connectivity index (χ0n) is 7.95. The van der Waals surface area contributed by atoms with Crippen molar-refractivity contribution in [1.82, 2.24) is 9.97 Å². The lowest BCUT2D eigenvalue weighted by Crippen LogP contribution is -2.15. The normalized spacial score (nSPS) is 10.0. The summed E-state index contributed by atoms with van der Waals surface area (Å²) in [6, 6.07) is 1.94. The second-order valence-corrected chi connectivity index (χ2v) is 2.84. The van der Waals surface area contributed by atoms with Gasteiger partial charge in [-0.15, -0.1) is 0 Å². The fraction of sp³-hybridized carbons (Fsp3) is 0.556. The van der Waals surface area contributed by atoms with Crippen LogP contribution in [-0.4, -0.2) is 23.1 Å². The lowest BCUT2D eigenvalue weighted by Gasteiger charge is -2.03. The van der Waals surface area contributed by atoms with E-state index in [9.17, 15) is 0 Å². The first-order valence-electron chi connectivity index (χ1n) is 4.62. The van der Waals surface area contributed by atoms with Crippen molar-refractivity contribution in [3.05, 3.63) is 18.0 Å². The molecule has 0 aliphatic carbocycles. The zero-order chi connectivity index (χ0) is 9.52. The highest BCUT2D eigenvalue weighted by Crippen LogP contribution is 2.02. The first-order chi connectivity index (χ1) is 6.36. The number of anilines is 1. The minimum absolute atomic E-state index is 0.599. The van der Waals surface area contributed by atoms with E-state index in [0.29, 0.717) is 12.5 Å². The quantitative estimate of drug-likeness (QED) is 0.703. The van der Waals surface area contributed by atoms with Crippen molar-refractivity contribution in [3.8, 4) is 0 Å². The van der Waals surface area contributed by atoms with Gasteiger partial charge in [-0.05, 0) is 12.5 Å². The van der Waals surface area contributed by atoms with Crippen LogP contribution in [0.25, 0.3) is 0 Å². The first-order valence-corrected chi connectivity index (χ1v) is 4.62. The number of nitrogens with two attached hydrogens (primary N) is 1. The number of hydrogen-bond acceptors (Lipinski definition) is 4. The summed E-state index contributed by atoms with van der Waals surface area (Å²) in [5.41, 5.74) is 6.44. The van der Waals surface area contributed by atoms with E-state index in [2.05, 4.69) is 22.2 Å². The second-order valence-electron chi connectivity index (χ2n) is 2.84. The molecule has 4 nitrogen and oxygen atoms in total. The van der Waals surface area contributed by atoms with Crippen molar-refractivity contribution in [3.63, 3.8) is 0 Å². The van der Waals surface area contributed by atoms with Crippen molar-refractivity contribution in [1.29, 1.82) is 0 Å². The van der Waals surface area contributed by atoms with Gasteiger partial charge in [0.15, 0.2) is 0 Å². The fourth-order valence-corrected chi connectivity index (χ4v) is 1.06. The molecule has 1 heterocycles. The Morgan fingerprint density at radius 3 is 3.08 bits per heavy atom. The molecule has 1 aromatic heterocycles. The van der Waals surface area contributed by atoms with Crippen LogP contribution in [0.15, 0.2) is 12.3 Å². The third kappa shape index (κ3) is 3.38. The van der Waals surface area contributed by atoms with Crippen LogP contribution in [0.5, 0.6) is 0 Å². The minimum atomic E-state index is 0.599. The van der Waals surface area contributed by atoms with Crippen molar-refractivity contribution >= 4 is 5.95 Å². The molecule has 0 atom stereocenters. The largest absolute Gasteiger partial charge is 0.353 e. The van der Waals surface area contributed by atoms with Gasteiger partial charge in [-0.3, -0.25) is 0 Å². The fourth-order valence-electron chi connectivity index (χ4n) is 1.06. The van der Waals surface area contributed by atoms with Gasteiger partial charge in [0, 0.05) is 25.0 Å². The third-order valence-corrected chi connectivity index (χ3v) is 1.65. The average molecular weight is 180 g/mol. The summed E-state index contributed by atoms with van der Waals surface area (Å²) in [5.74, 6) is 0.677. The molecule has 0 bridgehead atoms. The number of nitrogens with zero attached hydrogens (tertiary/aromatic N) is 2. The van der Waals surface area contributed by atoms with Crippen molar-refractivity contribution < 1.29 is 0 Å². The van der Waals surface area contributed by atoms with E-state index in [1.54, 1.807) is 6.20 Å². The first kappa shape index (κ1) is 9.92. The average Bonchev–Trinajstić information content (AvgIpc) is 2.16.